The minimum Gasteiger partial charge on any atom is -0.497 e. The second-order valence-corrected chi connectivity index (χ2v) is 6.25. The van der Waals surface area contributed by atoms with Gasteiger partial charge in [-0.2, -0.15) is 0 Å². The molecule has 1 aromatic carbocycles. The van der Waals surface area contributed by atoms with E-state index in [-0.39, 0.29) is 29.8 Å². The van der Waals surface area contributed by atoms with Crippen LogP contribution in [-0.4, -0.2) is 32.1 Å². The van der Waals surface area contributed by atoms with Gasteiger partial charge in [0.1, 0.15) is 11.8 Å². The Kier molecular flexibility index (Phi) is 6.08. The lowest BCUT2D eigenvalue weighted by atomic mass is 9.78. The number of nitrogens with one attached hydrogen (secondary N) is 2. The number of carbonyl (C=O) groups is 1. The fraction of sp³-hybridized carbons (Fsp3) is 0.500. The molecule has 4 nitrogen and oxygen atoms in total. The van der Waals surface area contributed by atoms with Crippen LogP contribution in [0, 0.1) is 0 Å². The summed E-state index contributed by atoms with van der Waals surface area (Å²) in [5.74, 6) is 0.953. The maximum atomic E-state index is 12.2. The van der Waals surface area contributed by atoms with E-state index in [1.54, 1.807) is 7.11 Å². The monoisotopic (exact) mass is 336 g/mol. The standard InChI is InChI=1S/C18H24N2O2.ClH/c1-22-15-8-6-14(7-9-15)18(10-2-3-11-18)13-20-17(21)16-5-4-12-19-16;/h4-9,16,19H,2-3,10-13H2,1H3,(H,20,21);1H. The quantitative estimate of drug-likeness (QED) is 0.813. The molecule has 1 aliphatic heterocycles. The van der Waals surface area contributed by atoms with Crippen LogP contribution >= 0.6 is 12.4 Å². The molecule has 1 amide bonds. The molecule has 3 rings (SSSR count). The Morgan fingerprint density at radius 1 is 1.30 bits per heavy atom. The van der Waals surface area contributed by atoms with E-state index in [1.165, 1.54) is 18.4 Å². The van der Waals surface area contributed by atoms with Crippen LogP contribution in [-0.2, 0) is 10.2 Å². The molecule has 0 radical (unpaired) electrons. The van der Waals surface area contributed by atoms with Crippen LogP contribution in [0.5, 0.6) is 5.75 Å². The van der Waals surface area contributed by atoms with Crippen LogP contribution in [0.3, 0.4) is 0 Å². The Labute approximate surface area is 144 Å². The molecule has 0 bridgehead atoms. The van der Waals surface area contributed by atoms with Crippen LogP contribution in [0.4, 0.5) is 0 Å². The lowest BCUT2D eigenvalue weighted by molar-refractivity contribution is -0.122. The van der Waals surface area contributed by atoms with Gasteiger partial charge in [0.05, 0.1) is 7.11 Å². The number of hydrogen-bond acceptors (Lipinski definition) is 3. The zero-order valence-electron chi connectivity index (χ0n) is 13.5. The van der Waals surface area contributed by atoms with Gasteiger partial charge in [-0.05, 0) is 30.5 Å². The van der Waals surface area contributed by atoms with Gasteiger partial charge in [-0.1, -0.05) is 37.1 Å². The van der Waals surface area contributed by atoms with Crippen molar-refractivity contribution < 1.29 is 9.53 Å². The molecular weight excluding hydrogens is 312 g/mol. The molecule has 23 heavy (non-hydrogen) atoms. The molecule has 1 saturated carbocycles. The van der Waals surface area contributed by atoms with Crippen molar-refractivity contribution in [3.63, 3.8) is 0 Å². The summed E-state index contributed by atoms with van der Waals surface area (Å²) in [5.41, 5.74) is 1.38. The Bertz CT molecular complexity index is 551. The summed E-state index contributed by atoms with van der Waals surface area (Å²) in [5, 5.41) is 6.31. The van der Waals surface area contributed by atoms with Gasteiger partial charge in [0, 0.05) is 18.5 Å². The summed E-state index contributed by atoms with van der Waals surface area (Å²) < 4.78 is 5.24. The Morgan fingerprint density at radius 3 is 2.57 bits per heavy atom. The smallest absolute Gasteiger partial charge is 0.241 e. The van der Waals surface area contributed by atoms with Gasteiger partial charge in [0.15, 0.2) is 0 Å². The van der Waals surface area contributed by atoms with E-state index in [0.29, 0.717) is 6.54 Å². The summed E-state index contributed by atoms with van der Waals surface area (Å²) in [6.07, 6.45) is 8.65. The first-order valence-corrected chi connectivity index (χ1v) is 8.06. The Morgan fingerprint density at radius 2 is 2.00 bits per heavy atom. The van der Waals surface area contributed by atoms with Crippen LogP contribution in [0.15, 0.2) is 36.4 Å². The summed E-state index contributed by atoms with van der Waals surface area (Å²) in [6, 6.07) is 8.14. The molecule has 1 atom stereocenters. The van der Waals surface area contributed by atoms with Crippen molar-refractivity contribution in [2.24, 2.45) is 0 Å². The predicted octanol–water partition coefficient (Wildman–Crippen LogP) is 2.57. The normalized spacial score (nSPS) is 21.7. The fourth-order valence-corrected chi connectivity index (χ4v) is 3.58. The highest BCUT2D eigenvalue weighted by Crippen LogP contribution is 2.41. The first-order valence-electron chi connectivity index (χ1n) is 8.06. The zero-order valence-corrected chi connectivity index (χ0v) is 14.3. The topological polar surface area (TPSA) is 50.4 Å². The maximum absolute atomic E-state index is 12.2. The Hall–Kier alpha value is -1.52. The molecule has 1 aromatic rings. The summed E-state index contributed by atoms with van der Waals surface area (Å²) in [6.45, 7) is 1.49. The van der Waals surface area contributed by atoms with Crippen molar-refractivity contribution in [2.75, 3.05) is 20.2 Å². The minimum atomic E-state index is -0.172. The lowest BCUT2D eigenvalue weighted by Gasteiger charge is -2.30. The van der Waals surface area contributed by atoms with Crippen molar-refractivity contribution in [3.05, 3.63) is 42.0 Å². The number of amides is 1. The molecule has 2 aliphatic rings. The molecule has 5 heteroatoms. The molecule has 1 heterocycles. The van der Waals surface area contributed by atoms with Crippen molar-refractivity contribution in [3.8, 4) is 5.75 Å². The average Bonchev–Trinajstić information content (AvgIpc) is 3.25. The average molecular weight is 337 g/mol. The number of carbonyl (C=O) groups excluding carboxylic acids is 1. The van der Waals surface area contributed by atoms with E-state index in [0.717, 1.165) is 25.1 Å². The van der Waals surface area contributed by atoms with Gasteiger partial charge in [-0.3, -0.25) is 10.1 Å². The van der Waals surface area contributed by atoms with Gasteiger partial charge < -0.3 is 10.1 Å². The van der Waals surface area contributed by atoms with Crippen molar-refractivity contribution >= 4 is 18.3 Å². The van der Waals surface area contributed by atoms with Crippen molar-refractivity contribution in [1.82, 2.24) is 10.6 Å². The van der Waals surface area contributed by atoms with E-state index in [9.17, 15) is 4.79 Å². The highest BCUT2D eigenvalue weighted by molar-refractivity contribution is 5.85. The van der Waals surface area contributed by atoms with Gasteiger partial charge in [0.2, 0.25) is 5.91 Å². The third kappa shape index (κ3) is 3.88. The summed E-state index contributed by atoms with van der Waals surface area (Å²) >= 11 is 0. The van der Waals surface area contributed by atoms with Crippen molar-refractivity contribution in [2.45, 2.75) is 37.1 Å². The van der Waals surface area contributed by atoms with Gasteiger partial charge in [-0.15, -0.1) is 12.4 Å². The number of benzene rings is 1. The molecule has 0 saturated heterocycles. The summed E-state index contributed by atoms with van der Waals surface area (Å²) in [4.78, 5) is 12.2. The molecule has 1 aliphatic carbocycles. The van der Waals surface area contributed by atoms with Crippen LogP contribution in [0.25, 0.3) is 0 Å². The fourth-order valence-electron chi connectivity index (χ4n) is 3.58. The lowest BCUT2D eigenvalue weighted by Crippen LogP contribution is -2.46. The van der Waals surface area contributed by atoms with E-state index in [4.69, 9.17) is 4.74 Å². The van der Waals surface area contributed by atoms with Gasteiger partial charge in [-0.25, -0.2) is 0 Å². The molecule has 0 spiro atoms. The number of ether oxygens (including phenoxy) is 1. The second kappa shape index (κ2) is 7.84. The predicted molar refractivity (Wildman–Crippen MR) is 94.3 cm³/mol. The Balaban J connectivity index is 0.00000192. The number of methoxy groups -OCH3 is 1. The van der Waals surface area contributed by atoms with E-state index in [2.05, 4.69) is 22.8 Å². The first-order chi connectivity index (χ1) is 10.7. The van der Waals surface area contributed by atoms with Crippen LogP contribution < -0.4 is 15.4 Å². The number of hydrogen-bond donors (Lipinski definition) is 2. The zero-order chi connectivity index (χ0) is 15.4. The summed E-state index contributed by atoms with van der Waals surface area (Å²) in [7, 11) is 1.68. The van der Waals surface area contributed by atoms with Crippen molar-refractivity contribution in [1.29, 1.82) is 0 Å². The third-order valence-electron chi connectivity index (χ3n) is 4.93. The van der Waals surface area contributed by atoms with E-state index in [1.807, 2.05) is 24.3 Å². The van der Waals surface area contributed by atoms with Gasteiger partial charge >= 0.3 is 0 Å². The largest absolute Gasteiger partial charge is 0.497 e. The molecular formula is C18H25ClN2O2. The molecule has 2 N–H and O–H groups in total. The number of halogens is 1. The maximum Gasteiger partial charge on any atom is 0.241 e. The highest BCUT2D eigenvalue weighted by Gasteiger charge is 2.36. The third-order valence-corrected chi connectivity index (χ3v) is 4.93. The van der Waals surface area contributed by atoms with Gasteiger partial charge in [0.25, 0.3) is 0 Å². The number of rotatable bonds is 5. The van der Waals surface area contributed by atoms with Crippen LogP contribution in [0.1, 0.15) is 31.2 Å². The molecule has 1 fully saturated rings. The molecule has 126 valence electrons. The molecule has 0 aromatic heterocycles. The molecule has 1 unspecified atom stereocenters. The second-order valence-electron chi connectivity index (χ2n) is 6.25. The SMILES string of the molecule is COc1ccc(C2(CNC(=O)C3C=CCN3)CCCC2)cc1.Cl. The van der Waals surface area contributed by atoms with E-state index < -0.39 is 0 Å². The van der Waals surface area contributed by atoms with E-state index >= 15 is 0 Å². The minimum absolute atomic E-state index is 0. The van der Waals surface area contributed by atoms with Crippen LogP contribution in [0.2, 0.25) is 0 Å². The highest BCUT2D eigenvalue weighted by atomic mass is 35.5. The first kappa shape index (κ1) is 17.8.